The number of ether oxygens (including phenoxy) is 2. The van der Waals surface area contributed by atoms with Crippen molar-refractivity contribution in [1.29, 1.82) is 0 Å². The fourth-order valence-corrected chi connectivity index (χ4v) is 1.19. The van der Waals surface area contributed by atoms with Crippen LogP contribution in [0.4, 0.5) is 0 Å². The van der Waals surface area contributed by atoms with Gasteiger partial charge in [-0.25, -0.2) is 0 Å². The quantitative estimate of drug-likeness (QED) is 0.740. The number of aliphatic hydroxyl groups excluding tert-OH is 1. The maximum absolute atomic E-state index is 8.63. The Kier molecular flexibility index (Phi) is 4.69. The van der Waals surface area contributed by atoms with Crippen LogP contribution in [0.15, 0.2) is 24.3 Å². The summed E-state index contributed by atoms with van der Waals surface area (Å²) < 4.78 is 10.3. The number of terminal acetylenes is 1. The van der Waals surface area contributed by atoms with Crippen molar-refractivity contribution in [3.05, 3.63) is 29.8 Å². The second-order valence-corrected chi connectivity index (χ2v) is 2.91. The predicted molar refractivity (Wildman–Crippen MR) is 57.6 cm³/mol. The molecule has 0 aromatic heterocycles. The molecule has 0 aliphatic carbocycles. The van der Waals surface area contributed by atoms with Gasteiger partial charge in [0.25, 0.3) is 0 Å². The Labute approximate surface area is 89.6 Å². The number of aliphatic hydroxyl groups is 1. The van der Waals surface area contributed by atoms with Crippen LogP contribution in [0, 0.1) is 12.3 Å². The van der Waals surface area contributed by atoms with Crippen LogP contribution < -0.4 is 4.74 Å². The summed E-state index contributed by atoms with van der Waals surface area (Å²) in [4.78, 5) is 0. The van der Waals surface area contributed by atoms with E-state index < -0.39 is 6.10 Å². The molecule has 1 aromatic carbocycles. The summed E-state index contributed by atoms with van der Waals surface area (Å²) >= 11 is 0. The summed E-state index contributed by atoms with van der Waals surface area (Å²) in [7, 11) is 1.61. The molecule has 80 valence electrons. The van der Waals surface area contributed by atoms with E-state index in [-0.39, 0.29) is 13.2 Å². The van der Waals surface area contributed by atoms with Gasteiger partial charge in [0, 0.05) is 0 Å². The number of hydrogen-bond acceptors (Lipinski definition) is 3. The van der Waals surface area contributed by atoms with E-state index in [4.69, 9.17) is 21.0 Å². The fourth-order valence-electron chi connectivity index (χ4n) is 1.19. The van der Waals surface area contributed by atoms with Gasteiger partial charge in [0.15, 0.2) is 0 Å². The largest absolute Gasteiger partial charge is 0.497 e. The maximum Gasteiger partial charge on any atom is 0.143 e. The molecule has 0 heterocycles. The van der Waals surface area contributed by atoms with E-state index in [2.05, 4.69) is 5.92 Å². The molecule has 0 amide bonds. The van der Waals surface area contributed by atoms with Gasteiger partial charge in [-0.1, -0.05) is 18.1 Å². The summed E-state index contributed by atoms with van der Waals surface area (Å²) in [5.41, 5.74) is 0.881. The SMILES string of the molecule is C#CC(OCCO)c1ccc(OC)cc1. The van der Waals surface area contributed by atoms with E-state index in [1.54, 1.807) is 7.11 Å². The Morgan fingerprint density at radius 3 is 2.53 bits per heavy atom. The lowest BCUT2D eigenvalue weighted by molar-refractivity contribution is 0.0593. The third-order valence-electron chi connectivity index (χ3n) is 1.95. The van der Waals surface area contributed by atoms with Gasteiger partial charge >= 0.3 is 0 Å². The molecule has 0 saturated carbocycles. The van der Waals surface area contributed by atoms with Gasteiger partial charge < -0.3 is 14.6 Å². The molecule has 0 aliphatic heterocycles. The van der Waals surface area contributed by atoms with E-state index in [0.717, 1.165) is 11.3 Å². The zero-order valence-electron chi connectivity index (χ0n) is 8.64. The minimum atomic E-state index is -0.414. The van der Waals surface area contributed by atoms with Crippen molar-refractivity contribution < 1.29 is 14.6 Å². The van der Waals surface area contributed by atoms with Gasteiger partial charge in [-0.3, -0.25) is 0 Å². The second kappa shape index (κ2) is 6.07. The van der Waals surface area contributed by atoms with E-state index in [1.165, 1.54) is 0 Å². The standard InChI is InChI=1S/C12H14O3/c1-3-12(15-9-8-13)10-4-6-11(14-2)7-5-10/h1,4-7,12-13H,8-9H2,2H3. The molecule has 3 heteroatoms. The monoisotopic (exact) mass is 206 g/mol. The van der Waals surface area contributed by atoms with Gasteiger partial charge in [0.2, 0.25) is 0 Å². The molecule has 0 radical (unpaired) electrons. The second-order valence-electron chi connectivity index (χ2n) is 2.91. The van der Waals surface area contributed by atoms with Crippen LogP contribution in [0.5, 0.6) is 5.75 Å². The maximum atomic E-state index is 8.63. The molecule has 0 spiro atoms. The first-order valence-corrected chi connectivity index (χ1v) is 4.64. The van der Waals surface area contributed by atoms with Crippen molar-refractivity contribution in [2.75, 3.05) is 20.3 Å². The van der Waals surface area contributed by atoms with E-state index in [9.17, 15) is 0 Å². The highest BCUT2D eigenvalue weighted by atomic mass is 16.5. The topological polar surface area (TPSA) is 38.7 Å². The lowest BCUT2D eigenvalue weighted by Gasteiger charge is -2.11. The third-order valence-corrected chi connectivity index (χ3v) is 1.95. The van der Waals surface area contributed by atoms with Crippen molar-refractivity contribution >= 4 is 0 Å². The Balaban J connectivity index is 2.70. The van der Waals surface area contributed by atoms with E-state index in [1.807, 2.05) is 24.3 Å². The van der Waals surface area contributed by atoms with Crippen LogP contribution in [0.1, 0.15) is 11.7 Å². The molecule has 15 heavy (non-hydrogen) atoms. The Hall–Kier alpha value is -1.50. The Morgan fingerprint density at radius 1 is 1.40 bits per heavy atom. The molecule has 0 bridgehead atoms. The lowest BCUT2D eigenvalue weighted by atomic mass is 10.1. The highest BCUT2D eigenvalue weighted by molar-refractivity contribution is 5.31. The fraction of sp³-hybridized carbons (Fsp3) is 0.333. The lowest BCUT2D eigenvalue weighted by Crippen LogP contribution is -2.05. The molecular formula is C12H14O3. The average Bonchev–Trinajstić information content (AvgIpc) is 2.31. The molecule has 1 rings (SSSR count). The molecule has 1 atom stereocenters. The molecule has 0 saturated heterocycles. The minimum Gasteiger partial charge on any atom is -0.497 e. The van der Waals surface area contributed by atoms with E-state index in [0.29, 0.717) is 0 Å². The molecule has 1 unspecified atom stereocenters. The van der Waals surface area contributed by atoms with E-state index >= 15 is 0 Å². The zero-order valence-corrected chi connectivity index (χ0v) is 8.64. The summed E-state index contributed by atoms with van der Waals surface area (Å²) in [6, 6.07) is 7.34. The van der Waals surface area contributed by atoms with Crippen molar-refractivity contribution in [3.63, 3.8) is 0 Å². The Bertz CT molecular complexity index is 324. The predicted octanol–water partition coefficient (Wildman–Crippen LogP) is 1.38. The highest BCUT2D eigenvalue weighted by Gasteiger charge is 2.07. The van der Waals surface area contributed by atoms with Crippen LogP contribution in [0.25, 0.3) is 0 Å². The first-order valence-electron chi connectivity index (χ1n) is 4.64. The Morgan fingerprint density at radius 2 is 2.07 bits per heavy atom. The number of rotatable bonds is 5. The smallest absolute Gasteiger partial charge is 0.143 e. The minimum absolute atomic E-state index is 0.0334. The molecular weight excluding hydrogens is 192 g/mol. The van der Waals surface area contributed by atoms with Gasteiger partial charge in [-0.2, -0.15) is 0 Å². The van der Waals surface area contributed by atoms with Crippen LogP contribution in [0.2, 0.25) is 0 Å². The number of benzene rings is 1. The zero-order chi connectivity index (χ0) is 11.1. The summed E-state index contributed by atoms with van der Waals surface area (Å²) in [6.07, 6.45) is 4.91. The van der Waals surface area contributed by atoms with Crippen molar-refractivity contribution in [1.82, 2.24) is 0 Å². The van der Waals surface area contributed by atoms with Gasteiger partial charge in [-0.15, -0.1) is 6.42 Å². The van der Waals surface area contributed by atoms with Gasteiger partial charge in [0.05, 0.1) is 20.3 Å². The van der Waals surface area contributed by atoms with Crippen molar-refractivity contribution in [2.24, 2.45) is 0 Å². The molecule has 0 aliphatic rings. The van der Waals surface area contributed by atoms with Crippen LogP contribution in [-0.2, 0) is 4.74 Å². The van der Waals surface area contributed by atoms with Gasteiger partial charge in [-0.05, 0) is 17.7 Å². The third kappa shape index (κ3) is 3.28. The summed E-state index contributed by atoms with van der Waals surface area (Å²) in [6.45, 7) is 0.204. The van der Waals surface area contributed by atoms with Gasteiger partial charge in [0.1, 0.15) is 11.9 Å². The molecule has 3 nitrogen and oxygen atoms in total. The number of hydrogen-bond donors (Lipinski definition) is 1. The van der Waals surface area contributed by atoms with Crippen molar-refractivity contribution in [2.45, 2.75) is 6.10 Å². The van der Waals surface area contributed by atoms with Crippen LogP contribution >= 0.6 is 0 Å². The summed E-state index contributed by atoms with van der Waals surface area (Å²) in [5.74, 6) is 3.29. The van der Waals surface area contributed by atoms with Crippen LogP contribution in [-0.4, -0.2) is 25.4 Å². The van der Waals surface area contributed by atoms with Crippen molar-refractivity contribution in [3.8, 4) is 18.1 Å². The molecule has 1 N–H and O–H groups in total. The first-order chi connectivity index (χ1) is 7.31. The molecule has 1 aromatic rings. The van der Waals surface area contributed by atoms with Crippen LogP contribution in [0.3, 0.4) is 0 Å². The summed E-state index contributed by atoms with van der Waals surface area (Å²) in [5, 5.41) is 8.63. The first kappa shape index (κ1) is 11.6. The average molecular weight is 206 g/mol. The molecule has 0 fully saturated rings. The number of methoxy groups -OCH3 is 1. The highest BCUT2D eigenvalue weighted by Crippen LogP contribution is 2.19. The normalized spacial score (nSPS) is 11.8.